The van der Waals surface area contributed by atoms with E-state index in [0.717, 1.165) is 4.47 Å². The maximum absolute atomic E-state index is 12.3. The number of ether oxygens (including phenoxy) is 1. The smallest absolute Gasteiger partial charge is 0.309 e. The van der Waals surface area contributed by atoms with Crippen molar-refractivity contribution in [3.05, 3.63) is 28.7 Å². The van der Waals surface area contributed by atoms with Gasteiger partial charge in [0.2, 0.25) is 10.0 Å². The number of rotatable bonds is 6. The molecule has 1 aliphatic rings. The minimum absolute atomic E-state index is 0.0510. The van der Waals surface area contributed by atoms with E-state index in [1.165, 1.54) is 11.2 Å². The fourth-order valence-corrected chi connectivity index (χ4v) is 4.05. The van der Waals surface area contributed by atoms with Gasteiger partial charge in [0.05, 0.1) is 11.7 Å². The molecular formula is C17H23BrN2O5S. The lowest BCUT2D eigenvalue weighted by atomic mass is 9.98. The van der Waals surface area contributed by atoms with E-state index in [2.05, 4.69) is 21.2 Å². The average Bonchev–Trinajstić information content (AvgIpc) is 2.63. The van der Waals surface area contributed by atoms with Gasteiger partial charge in [-0.05, 0) is 51.0 Å². The number of benzene rings is 1. The van der Waals surface area contributed by atoms with E-state index in [1.807, 2.05) is 0 Å². The third kappa shape index (κ3) is 5.52. The summed E-state index contributed by atoms with van der Waals surface area (Å²) in [4.78, 5) is 24.4. The molecule has 1 amide bonds. The zero-order chi connectivity index (χ0) is 19.3. The zero-order valence-corrected chi connectivity index (χ0v) is 17.2. The molecule has 0 bridgehead atoms. The second-order valence-corrected chi connectivity index (χ2v) is 9.32. The van der Waals surface area contributed by atoms with Crippen molar-refractivity contribution in [1.29, 1.82) is 0 Å². The van der Waals surface area contributed by atoms with Crippen molar-refractivity contribution in [1.82, 2.24) is 4.31 Å². The molecule has 0 spiro atoms. The summed E-state index contributed by atoms with van der Waals surface area (Å²) in [7, 11) is -3.23. The number of amides is 1. The van der Waals surface area contributed by atoms with Gasteiger partial charge < -0.3 is 10.1 Å². The third-order valence-corrected chi connectivity index (χ3v) is 6.73. The molecule has 1 aromatic rings. The Morgan fingerprint density at radius 2 is 1.85 bits per heavy atom. The number of nitrogens with zero attached hydrogens (tertiary/aromatic N) is 1. The maximum Gasteiger partial charge on any atom is 0.309 e. The summed E-state index contributed by atoms with van der Waals surface area (Å²) in [5.74, 6) is -1.21. The molecule has 1 saturated heterocycles. The summed E-state index contributed by atoms with van der Waals surface area (Å²) in [5.41, 5.74) is 0.610. The number of esters is 1. The Labute approximate surface area is 162 Å². The van der Waals surface area contributed by atoms with Gasteiger partial charge in [0.25, 0.3) is 5.91 Å². The highest BCUT2D eigenvalue weighted by molar-refractivity contribution is 9.10. The molecular weight excluding hydrogens is 424 g/mol. The van der Waals surface area contributed by atoms with Gasteiger partial charge in [-0.2, -0.15) is 0 Å². The Morgan fingerprint density at radius 3 is 2.38 bits per heavy atom. The number of hydrogen-bond acceptors (Lipinski definition) is 5. The first-order valence-corrected chi connectivity index (χ1v) is 10.9. The van der Waals surface area contributed by atoms with E-state index in [-0.39, 0.29) is 11.7 Å². The number of carbonyl (C=O) groups excluding carboxylic acids is 2. The lowest BCUT2D eigenvalue weighted by molar-refractivity contribution is -0.158. The minimum atomic E-state index is -3.23. The predicted octanol–water partition coefficient (Wildman–Crippen LogP) is 2.38. The number of halogens is 1. The van der Waals surface area contributed by atoms with Crippen LogP contribution in [0.1, 0.15) is 26.7 Å². The average molecular weight is 447 g/mol. The van der Waals surface area contributed by atoms with Crippen LogP contribution in [0.15, 0.2) is 28.7 Å². The molecule has 1 aromatic carbocycles. The van der Waals surface area contributed by atoms with Crippen LogP contribution in [0.3, 0.4) is 0 Å². The quantitative estimate of drug-likeness (QED) is 0.676. The molecule has 1 atom stereocenters. The SMILES string of the molecule is CCS(=O)(=O)N1CCC(C(=O)OC(C)C(=O)Nc2ccc(Br)cc2)CC1. The van der Waals surface area contributed by atoms with Gasteiger partial charge in [0.1, 0.15) is 0 Å². The number of sulfonamides is 1. The summed E-state index contributed by atoms with van der Waals surface area (Å²) in [6.45, 7) is 3.72. The fourth-order valence-electron chi connectivity index (χ4n) is 2.65. The van der Waals surface area contributed by atoms with Crippen LogP contribution in [0, 0.1) is 5.92 Å². The number of carbonyl (C=O) groups is 2. The highest BCUT2D eigenvalue weighted by Crippen LogP contribution is 2.22. The minimum Gasteiger partial charge on any atom is -0.452 e. The first-order chi connectivity index (χ1) is 12.2. The van der Waals surface area contributed by atoms with E-state index >= 15 is 0 Å². The Bertz CT molecular complexity index is 743. The van der Waals surface area contributed by atoms with Crippen molar-refractivity contribution in [2.24, 2.45) is 5.92 Å². The summed E-state index contributed by atoms with van der Waals surface area (Å²) in [6, 6.07) is 7.07. The molecule has 1 fully saturated rings. The fraction of sp³-hybridized carbons (Fsp3) is 0.529. The first-order valence-electron chi connectivity index (χ1n) is 8.47. The van der Waals surface area contributed by atoms with Crippen molar-refractivity contribution in [3.63, 3.8) is 0 Å². The molecule has 1 aliphatic heterocycles. The Hall–Kier alpha value is -1.45. The van der Waals surface area contributed by atoms with Crippen molar-refractivity contribution < 1.29 is 22.7 Å². The van der Waals surface area contributed by atoms with E-state index in [0.29, 0.717) is 31.6 Å². The molecule has 1 N–H and O–H groups in total. The molecule has 1 unspecified atom stereocenters. The van der Waals surface area contributed by atoms with E-state index < -0.39 is 28.0 Å². The molecule has 2 rings (SSSR count). The highest BCUT2D eigenvalue weighted by atomic mass is 79.9. The lowest BCUT2D eigenvalue weighted by Gasteiger charge is -2.30. The van der Waals surface area contributed by atoms with Gasteiger partial charge in [0.15, 0.2) is 6.10 Å². The summed E-state index contributed by atoms with van der Waals surface area (Å²) in [6.07, 6.45) is -0.123. The zero-order valence-electron chi connectivity index (χ0n) is 14.8. The monoisotopic (exact) mass is 446 g/mol. The van der Waals surface area contributed by atoms with Crippen LogP contribution in [-0.4, -0.2) is 49.5 Å². The molecule has 0 saturated carbocycles. The Balaban J connectivity index is 1.83. The van der Waals surface area contributed by atoms with Gasteiger partial charge >= 0.3 is 5.97 Å². The largest absolute Gasteiger partial charge is 0.452 e. The predicted molar refractivity (Wildman–Crippen MR) is 102 cm³/mol. The summed E-state index contributed by atoms with van der Waals surface area (Å²) in [5, 5.41) is 2.69. The lowest BCUT2D eigenvalue weighted by Crippen LogP contribution is -2.42. The van der Waals surface area contributed by atoms with Crippen LogP contribution in [-0.2, 0) is 24.3 Å². The second-order valence-electron chi connectivity index (χ2n) is 6.15. The van der Waals surface area contributed by atoms with Crippen molar-refractivity contribution in [3.8, 4) is 0 Å². The van der Waals surface area contributed by atoms with Crippen LogP contribution in [0.5, 0.6) is 0 Å². The molecule has 144 valence electrons. The Morgan fingerprint density at radius 1 is 1.27 bits per heavy atom. The molecule has 0 aliphatic carbocycles. The van der Waals surface area contributed by atoms with Crippen molar-refractivity contribution in [2.45, 2.75) is 32.8 Å². The van der Waals surface area contributed by atoms with Crippen LogP contribution in [0.4, 0.5) is 5.69 Å². The van der Waals surface area contributed by atoms with Crippen LogP contribution >= 0.6 is 15.9 Å². The van der Waals surface area contributed by atoms with Crippen LogP contribution < -0.4 is 5.32 Å². The number of anilines is 1. The standard InChI is InChI=1S/C17H23BrN2O5S/c1-3-26(23,24)20-10-8-13(9-11-20)17(22)25-12(2)16(21)19-15-6-4-14(18)5-7-15/h4-7,12-13H,3,8-11H2,1-2H3,(H,19,21). The number of nitrogens with one attached hydrogen (secondary N) is 1. The molecule has 7 nitrogen and oxygen atoms in total. The maximum atomic E-state index is 12.3. The normalized spacial score (nSPS) is 17.5. The second kappa shape index (κ2) is 8.96. The molecule has 1 heterocycles. The molecule has 0 aromatic heterocycles. The van der Waals surface area contributed by atoms with Crippen molar-refractivity contribution >= 4 is 43.5 Å². The molecule has 0 radical (unpaired) electrons. The van der Waals surface area contributed by atoms with Gasteiger partial charge in [-0.3, -0.25) is 9.59 Å². The van der Waals surface area contributed by atoms with Gasteiger partial charge in [0, 0.05) is 23.2 Å². The van der Waals surface area contributed by atoms with Crippen LogP contribution in [0.2, 0.25) is 0 Å². The molecule has 9 heteroatoms. The van der Waals surface area contributed by atoms with Gasteiger partial charge in [-0.1, -0.05) is 15.9 Å². The van der Waals surface area contributed by atoms with Crippen molar-refractivity contribution in [2.75, 3.05) is 24.2 Å². The highest BCUT2D eigenvalue weighted by Gasteiger charge is 2.32. The first kappa shape index (κ1) is 20.9. The summed E-state index contributed by atoms with van der Waals surface area (Å²) >= 11 is 3.32. The topological polar surface area (TPSA) is 92.8 Å². The third-order valence-electron chi connectivity index (χ3n) is 4.32. The van der Waals surface area contributed by atoms with Gasteiger partial charge in [-0.25, -0.2) is 12.7 Å². The van der Waals surface area contributed by atoms with E-state index in [4.69, 9.17) is 4.74 Å². The summed E-state index contributed by atoms with van der Waals surface area (Å²) < 4.78 is 31.3. The number of hydrogen-bond donors (Lipinski definition) is 1. The van der Waals surface area contributed by atoms with E-state index in [9.17, 15) is 18.0 Å². The number of piperidine rings is 1. The van der Waals surface area contributed by atoms with Gasteiger partial charge in [-0.15, -0.1) is 0 Å². The Kier molecular flexibility index (Phi) is 7.19. The van der Waals surface area contributed by atoms with E-state index in [1.54, 1.807) is 31.2 Å². The molecule has 26 heavy (non-hydrogen) atoms. The van der Waals surface area contributed by atoms with Crippen LogP contribution in [0.25, 0.3) is 0 Å².